The molecule has 0 amide bonds. The second-order valence-corrected chi connectivity index (χ2v) is 6.87. The van der Waals surface area contributed by atoms with Crippen LogP contribution in [0.2, 0.25) is 0 Å². The molecule has 1 aromatic carbocycles. The number of aryl methyl sites for hydroxylation is 2. The summed E-state index contributed by atoms with van der Waals surface area (Å²) in [4.78, 5) is 4.61. The van der Waals surface area contributed by atoms with Gasteiger partial charge in [0.25, 0.3) is 0 Å². The van der Waals surface area contributed by atoms with Crippen LogP contribution in [-0.2, 0) is 19.2 Å². The lowest BCUT2D eigenvalue weighted by Gasteiger charge is -2.23. The number of hydrogen-bond donors (Lipinski definition) is 3. The molecule has 28 heavy (non-hydrogen) atoms. The quantitative estimate of drug-likeness (QED) is 0.277. The van der Waals surface area contributed by atoms with Crippen molar-refractivity contribution in [1.82, 2.24) is 20.4 Å². The van der Waals surface area contributed by atoms with Crippen LogP contribution in [0.3, 0.4) is 0 Å². The lowest BCUT2D eigenvalue weighted by molar-refractivity contribution is 0.0616. The predicted octanol–water partition coefficient (Wildman–Crippen LogP) is 3.06. The maximum atomic E-state index is 10.7. The zero-order valence-corrected chi connectivity index (χ0v) is 19.0. The Labute approximate surface area is 182 Å². The van der Waals surface area contributed by atoms with E-state index >= 15 is 0 Å². The molecular formula is C20H28IN5O2. The molecular weight excluding hydrogens is 469 g/mol. The van der Waals surface area contributed by atoms with Crippen molar-refractivity contribution in [2.75, 3.05) is 13.1 Å². The average molecular weight is 497 g/mol. The van der Waals surface area contributed by atoms with Crippen molar-refractivity contribution in [3.8, 4) is 0 Å². The van der Waals surface area contributed by atoms with Crippen LogP contribution >= 0.6 is 24.0 Å². The van der Waals surface area contributed by atoms with Crippen molar-refractivity contribution >= 4 is 40.9 Å². The third kappa shape index (κ3) is 5.05. The number of hydrogen-bond acceptors (Lipinski definition) is 4. The van der Waals surface area contributed by atoms with Crippen LogP contribution in [0.25, 0.3) is 11.0 Å². The van der Waals surface area contributed by atoms with Gasteiger partial charge in [-0.05, 0) is 26.8 Å². The van der Waals surface area contributed by atoms with Crippen molar-refractivity contribution in [2.45, 2.75) is 32.9 Å². The monoisotopic (exact) mass is 497 g/mol. The maximum Gasteiger partial charge on any atom is 0.191 e. The van der Waals surface area contributed by atoms with Crippen molar-refractivity contribution < 1.29 is 9.52 Å². The van der Waals surface area contributed by atoms with Gasteiger partial charge < -0.3 is 20.2 Å². The van der Waals surface area contributed by atoms with Gasteiger partial charge in [0.1, 0.15) is 23.5 Å². The number of aromatic nitrogens is 2. The van der Waals surface area contributed by atoms with E-state index < -0.39 is 5.60 Å². The van der Waals surface area contributed by atoms with Crippen LogP contribution in [0, 0.1) is 6.92 Å². The van der Waals surface area contributed by atoms with Crippen LogP contribution in [0.15, 0.2) is 46.1 Å². The molecule has 152 valence electrons. The highest BCUT2D eigenvalue weighted by Crippen LogP contribution is 2.25. The fraction of sp³-hybridized carbons (Fsp3) is 0.400. The minimum Gasteiger partial charge on any atom is -0.459 e. The number of furan rings is 1. The first-order chi connectivity index (χ1) is 12.9. The molecule has 0 fully saturated rings. The fourth-order valence-corrected chi connectivity index (χ4v) is 2.93. The van der Waals surface area contributed by atoms with Gasteiger partial charge >= 0.3 is 0 Å². The highest BCUT2D eigenvalue weighted by Gasteiger charge is 2.25. The van der Waals surface area contributed by atoms with E-state index in [9.17, 15) is 5.11 Å². The Morgan fingerprint density at radius 1 is 1.32 bits per heavy atom. The number of guanidine groups is 1. The number of aliphatic hydroxyl groups is 1. The van der Waals surface area contributed by atoms with Gasteiger partial charge in [-0.3, -0.25) is 4.68 Å². The molecule has 3 rings (SSSR count). The summed E-state index contributed by atoms with van der Waals surface area (Å²) in [6.45, 7) is 7.26. The van der Waals surface area contributed by atoms with Gasteiger partial charge in [-0.15, -0.1) is 24.0 Å². The average Bonchev–Trinajstić information content (AvgIpc) is 3.22. The van der Waals surface area contributed by atoms with Gasteiger partial charge in [0.05, 0.1) is 12.7 Å². The molecule has 0 saturated carbocycles. The summed E-state index contributed by atoms with van der Waals surface area (Å²) >= 11 is 0. The number of rotatable bonds is 6. The van der Waals surface area contributed by atoms with E-state index in [4.69, 9.17) is 4.42 Å². The lowest BCUT2D eigenvalue weighted by Crippen LogP contribution is -2.44. The van der Waals surface area contributed by atoms with E-state index in [0.717, 1.165) is 34.4 Å². The van der Waals surface area contributed by atoms with Crippen molar-refractivity contribution in [1.29, 1.82) is 0 Å². The Balaban J connectivity index is 0.00000280. The number of nitrogens with zero attached hydrogens (tertiary/aromatic N) is 3. The molecule has 7 nitrogen and oxygen atoms in total. The smallest absolute Gasteiger partial charge is 0.191 e. The first-order valence-corrected chi connectivity index (χ1v) is 9.11. The first kappa shape index (κ1) is 22.2. The largest absolute Gasteiger partial charge is 0.459 e. The predicted molar refractivity (Wildman–Crippen MR) is 122 cm³/mol. The molecule has 0 bridgehead atoms. The summed E-state index contributed by atoms with van der Waals surface area (Å²) in [6.07, 6.45) is 3.48. The molecule has 3 N–H and O–H groups in total. The van der Waals surface area contributed by atoms with E-state index in [1.807, 2.05) is 45.3 Å². The highest BCUT2D eigenvalue weighted by molar-refractivity contribution is 14.0. The first-order valence-electron chi connectivity index (χ1n) is 9.11. The van der Waals surface area contributed by atoms with E-state index in [0.29, 0.717) is 19.0 Å². The number of para-hydroxylation sites is 1. The molecule has 0 aliphatic heterocycles. The molecule has 2 heterocycles. The summed E-state index contributed by atoms with van der Waals surface area (Å²) in [5.74, 6) is 1.47. The van der Waals surface area contributed by atoms with E-state index in [1.54, 1.807) is 17.8 Å². The molecule has 2 aromatic heterocycles. The lowest BCUT2D eigenvalue weighted by atomic mass is 10.00. The third-order valence-corrected chi connectivity index (χ3v) is 4.59. The van der Waals surface area contributed by atoms with Crippen LogP contribution < -0.4 is 10.6 Å². The minimum absolute atomic E-state index is 0. The Hall–Kier alpha value is -2.07. The zero-order valence-electron chi connectivity index (χ0n) is 16.7. The third-order valence-electron chi connectivity index (χ3n) is 4.59. The molecule has 0 aliphatic rings. The Kier molecular flexibility index (Phi) is 7.48. The molecule has 1 unspecified atom stereocenters. The molecule has 3 aromatic rings. The number of halogens is 1. The zero-order chi connectivity index (χ0) is 19.4. The van der Waals surface area contributed by atoms with Crippen molar-refractivity contribution in [3.05, 3.63) is 53.5 Å². The highest BCUT2D eigenvalue weighted by atomic mass is 127. The molecule has 0 aliphatic carbocycles. The number of aliphatic imine (C=N–C) groups is 1. The Morgan fingerprint density at radius 3 is 2.71 bits per heavy atom. The van der Waals surface area contributed by atoms with Gasteiger partial charge in [0.2, 0.25) is 0 Å². The summed E-state index contributed by atoms with van der Waals surface area (Å²) in [6, 6.07) is 7.98. The van der Waals surface area contributed by atoms with Crippen molar-refractivity contribution in [2.24, 2.45) is 12.0 Å². The Bertz CT molecular complexity index is 945. The SMILES string of the molecule is CCNC(=NCc1oc2ccccc2c1C)NCC(C)(O)c1cnn(C)c1.I. The minimum atomic E-state index is -1.06. The Morgan fingerprint density at radius 2 is 2.07 bits per heavy atom. The van der Waals surface area contributed by atoms with Crippen molar-refractivity contribution in [3.63, 3.8) is 0 Å². The standard InChI is InChI=1S/C20H27N5O2.HI/c1-5-21-19(23-13-20(3,26)15-10-24-25(4)12-15)22-11-18-14(2)16-8-6-7-9-17(16)27-18;/h6-10,12,26H,5,11,13H2,1-4H3,(H2,21,22,23);1H. The molecule has 1 atom stereocenters. The summed E-state index contributed by atoms with van der Waals surface area (Å²) in [5.41, 5.74) is 1.67. The number of nitrogens with one attached hydrogen (secondary N) is 2. The molecule has 0 saturated heterocycles. The second-order valence-electron chi connectivity index (χ2n) is 6.87. The summed E-state index contributed by atoms with van der Waals surface area (Å²) < 4.78 is 7.60. The van der Waals surface area contributed by atoms with E-state index in [2.05, 4.69) is 26.8 Å². The number of benzene rings is 1. The van der Waals surface area contributed by atoms with E-state index in [-0.39, 0.29) is 24.0 Å². The van der Waals surface area contributed by atoms with Gasteiger partial charge in [0, 0.05) is 36.3 Å². The molecule has 8 heteroatoms. The van der Waals surface area contributed by atoms with Crippen LogP contribution in [0.5, 0.6) is 0 Å². The summed E-state index contributed by atoms with van der Waals surface area (Å²) in [7, 11) is 1.83. The number of fused-ring (bicyclic) bond motifs is 1. The fourth-order valence-electron chi connectivity index (χ4n) is 2.93. The molecule has 0 spiro atoms. The van der Waals surface area contributed by atoms with Gasteiger partial charge in [-0.1, -0.05) is 18.2 Å². The van der Waals surface area contributed by atoms with Crippen LogP contribution in [-0.4, -0.2) is 33.9 Å². The van der Waals surface area contributed by atoms with Gasteiger partial charge in [-0.2, -0.15) is 5.10 Å². The van der Waals surface area contributed by atoms with Gasteiger partial charge in [-0.25, -0.2) is 4.99 Å². The normalized spacial score (nSPS) is 13.8. The van der Waals surface area contributed by atoms with Gasteiger partial charge in [0.15, 0.2) is 5.96 Å². The van der Waals surface area contributed by atoms with E-state index in [1.165, 1.54) is 0 Å². The maximum absolute atomic E-state index is 10.7. The second kappa shape index (κ2) is 9.42. The summed E-state index contributed by atoms with van der Waals surface area (Å²) in [5, 5.41) is 22.4. The van der Waals surface area contributed by atoms with Crippen LogP contribution in [0.4, 0.5) is 0 Å². The van der Waals surface area contributed by atoms with Crippen LogP contribution in [0.1, 0.15) is 30.7 Å². The molecule has 0 radical (unpaired) electrons. The topological polar surface area (TPSA) is 87.6 Å².